The third kappa shape index (κ3) is 1.15. The third-order valence-corrected chi connectivity index (χ3v) is 3.79. The lowest BCUT2D eigenvalue weighted by Gasteiger charge is -2.18. The van der Waals surface area contributed by atoms with Crippen LogP contribution in [0.1, 0.15) is 25.3 Å². The predicted octanol–water partition coefficient (Wildman–Crippen LogP) is 2.55. The number of para-hydroxylation sites is 1. The lowest BCUT2D eigenvalue weighted by molar-refractivity contribution is 0.560. The highest BCUT2D eigenvalue weighted by molar-refractivity contribution is 5.84. The van der Waals surface area contributed by atoms with E-state index in [2.05, 4.69) is 42.4 Å². The van der Waals surface area contributed by atoms with Crippen LogP contribution in [0.2, 0.25) is 0 Å². The second-order valence-electron chi connectivity index (χ2n) is 4.69. The van der Waals surface area contributed by atoms with Gasteiger partial charge in [-0.05, 0) is 31.4 Å². The maximum Gasteiger partial charge on any atom is 0.0457 e. The molecule has 1 unspecified atom stereocenters. The van der Waals surface area contributed by atoms with Gasteiger partial charge in [0.25, 0.3) is 0 Å². The molecule has 1 atom stereocenters. The highest BCUT2D eigenvalue weighted by atomic mass is 14.8. The molecule has 0 saturated heterocycles. The van der Waals surface area contributed by atoms with Gasteiger partial charge in [-0.2, -0.15) is 0 Å². The normalized spacial score (nSPS) is 20.4. The van der Waals surface area contributed by atoms with Crippen LogP contribution >= 0.6 is 0 Å². The third-order valence-electron chi connectivity index (χ3n) is 3.79. The molecule has 0 spiro atoms. The van der Waals surface area contributed by atoms with E-state index in [1.54, 1.807) is 0 Å². The number of fused-ring (bicyclic) bond motifs is 1. The summed E-state index contributed by atoms with van der Waals surface area (Å²) in [6.07, 6.45) is 4.60. The number of rotatable bonds is 2. The molecule has 1 aliphatic carbocycles. The van der Waals surface area contributed by atoms with Crippen LogP contribution in [-0.4, -0.2) is 11.0 Å². The first-order valence-electron chi connectivity index (χ1n) is 5.56. The Hall–Kier alpha value is -1.28. The Kier molecular flexibility index (Phi) is 1.71. The van der Waals surface area contributed by atoms with Crippen LogP contribution in [0, 0.1) is 0 Å². The SMILES string of the molecule is CC(N)C1(c2c[nH]c3ccccc23)CC1. The van der Waals surface area contributed by atoms with E-state index in [0.29, 0.717) is 0 Å². The van der Waals surface area contributed by atoms with Gasteiger partial charge in [-0.15, -0.1) is 0 Å². The molecule has 1 aliphatic rings. The van der Waals surface area contributed by atoms with E-state index in [4.69, 9.17) is 5.73 Å². The van der Waals surface area contributed by atoms with Crippen molar-refractivity contribution in [3.63, 3.8) is 0 Å². The molecule has 78 valence electrons. The van der Waals surface area contributed by atoms with Gasteiger partial charge >= 0.3 is 0 Å². The summed E-state index contributed by atoms with van der Waals surface area (Å²) in [6.45, 7) is 2.12. The van der Waals surface area contributed by atoms with Crippen LogP contribution in [0.3, 0.4) is 0 Å². The number of H-pyrrole nitrogens is 1. The molecule has 15 heavy (non-hydrogen) atoms. The number of hydrogen-bond donors (Lipinski definition) is 2. The number of benzene rings is 1. The maximum atomic E-state index is 6.10. The van der Waals surface area contributed by atoms with Crippen LogP contribution in [-0.2, 0) is 5.41 Å². The van der Waals surface area contributed by atoms with E-state index in [0.717, 1.165) is 0 Å². The molecular formula is C13H16N2. The lowest BCUT2D eigenvalue weighted by Crippen LogP contribution is -2.31. The highest BCUT2D eigenvalue weighted by Crippen LogP contribution is 2.52. The number of nitrogens with two attached hydrogens (primary N) is 1. The zero-order valence-corrected chi connectivity index (χ0v) is 8.96. The van der Waals surface area contributed by atoms with Crippen molar-refractivity contribution in [1.82, 2.24) is 4.98 Å². The van der Waals surface area contributed by atoms with Crippen molar-refractivity contribution in [3.05, 3.63) is 36.0 Å². The number of aromatic amines is 1. The van der Waals surface area contributed by atoms with Crippen molar-refractivity contribution in [3.8, 4) is 0 Å². The molecule has 0 bridgehead atoms. The van der Waals surface area contributed by atoms with Crippen molar-refractivity contribution in [2.45, 2.75) is 31.2 Å². The summed E-state index contributed by atoms with van der Waals surface area (Å²) in [5.74, 6) is 0. The minimum atomic E-state index is 0.247. The molecule has 1 heterocycles. The second kappa shape index (κ2) is 2.86. The van der Waals surface area contributed by atoms with E-state index in [1.165, 1.54) is 29.3 Å². The molecule has 1 aromatic carbocycles. The van der Waals surface area contributed by atoms with Gasteiger partial charge in [0.05, 0.1) is 0 Å². The summed E-state index contributed by atoms with van der Waals surface area (Å²) in [5.41, 5.74) is 8.98. The topological polar surface area (TPSA) is 41.8 Å². The summed E-state index contributed by atoms with van der Waals surface area (Å²) in [6, 6.07) is 8.71. The monoisotopic (exact) mass is 200 g/mol. The molecule has 1 fully saturated rings. The standard InChI is InChI=1S/C13H16N2/c1-9(14)13(6-7-13)11-8-15-12-5-3-2-4-10(11)12/h2-5,8-9,15H,6-7,14H2,1H3. The molecule has 0 radical (unpaired) electrons. The van der Waals surface area contributed by atoms with Gasteiger partial charge in [0.15, 0.2) is 0 Å². The van der Waals surface area contributed by atoms with Gasteiger partial charge in [-0.1, -0.05) is 18.2 Å². The first kappa shape index (κ1) is 8.98. The predicted molar refractivity (Wildman–Crippen MR) is 62.9 cm³/mol. The Morgan fingerprint density at radius 1 is 1.33 bits per heavy atom. The molecule has 0 aliphatic heterocycles. The van der Waals surface area contributed by atoms with Gasteiger partial charge in [0.1, 0.15) is 0 Å². The first-order chi connectivity index (χ1) is 7.24. The van der Waals surface area contributed by atoms with Gasteiger partial charge in [0.2, 0.25) is 0 Å². The Labute approximate surface area is 89.5 Å². The summed E-state index contributed by atoms with van der Waals surface area (Å²) < 4.78 is 0. The van der Waals surface area contributed by atoms with Crippen molar-refractivity contribution < 1.29 is 0 Å². The molecule has 2 nitrogen and oxygen atoms in total. The molecule has 3 rings (SSSR count). The fraction of sp³-hybridized carbons (Fsp3) is 0.385. The van der Waals surface area contributed by atoms with E-state index >= 15 is 0 Å². The fourth-order valence-electron chi connectivity index (χ4n) is 2.59. The minimum absolute atomic E-state index is 0.247. The van der Waals surface area contributed by atoms with Crippen molar-refractivity contribution in [2.24, 2.45) is 5.73 Å². The van der Waals surface area contributed by atoms with Gasteiger partial charge in [0, 0.05) is 28.6 Å². The first-order valence-corrected chi connectivity index (χ1v) is 5.56. The quantitative estimate of drug-likeness (QED) is 0.768. The molecule has 2 aromatic rings. The van der Waals surface area contributed by atoms with E-state index < -0.39 is 0 Å². The van der Waals surface area contributed by atoms with Crippen molar-refractivity contribution in [1.29, 1.82) is 0 Å². The number of aromatic nitrogens is 1. The summed E-state index contributed by atoms with van der Waals surface area (Å²) in [4.78, 5) is 3.33. The Bertz CT molecular complexity index is 492. The molecule has 1 saturated carbocycles. The average Bonchev–Trinajstić information content (AvgIpc) is 2.93. The highest BCUT2D eigenvalue weighted by Gasteiger charge is 2.48. The molecule has 0 amide bonds. The smallest absolute Gasteiger partial charge is 0.0457 e. The van der Waals surface area contributed by atoms with Crippen molar-refractivity contribution in [2.75, 3.05) is 0 Å². The molecule has 1 aromatic heterocycles. The number of hydrogen-bond acceptors (Lipinski definition) is 1. The van der Waals surface area contributed by atoms with Crippen LogP contribution in [0.4, 0.5) is 0 Å². The van der Waals surface area contributed by atoms with Gasteiger partial charge in [-0.3, -0.25) is 0 Å². The zero-order chi connectivity index (χ0) is 10.5. The zero-order valence-electron chi connectivity index (χ0n) is 8.96. The van der Waals surface area contributed by atoms with E-state index in [-0.39, 0.29) is 11.5 Å². The Morgan fingerprint density at radius 2 is 2.07 bits per heavy atom. The summed E-state index contributed by atoms with van der Waals surface area (Å²) in [7, 11) is 0. The van der Waals surface area contributed by atoms with E-state index in [9.17, 15) is 0 Å². The summed E-state index contributed by atoms with van der Waals surface area (Å²) in [5, 5.41) is 1.34. The lowest BCUT2D eigenvalue weighted by atomic mass is 9.89. The molecule has 3 N–H and O–H groups in total. The Morgan fingerprint density at radius 3 is 2.73 bits per heavy atom. The largest absolute Gasteiger partial charge is 0.361 e. The maximum absolute atomic E-state index is 6.10. The van der Waals surface area contributed by atoms with Crippen LogP contribution in [0.15, 0.2) is 30.5 Å². The van der Waals surface area contributed by atoms with Crippen molar-refractivity contribution >= 4 is 10.9 Å². The fourth-order valence-corrected chi connectivity index (χ4v) is 2.59. The minimum Gasteiger partial charge on any atom is -0.361 e. The van der Waals surface area contributed by atoms with Gasteiger partial charge in [-0.25, -0.2) is 0 Å². The second-order valence-corrected chi connectivity index (χ2v) is 4.69. The summed E-state index contributed by atoms with van der Waals surface area (Å²) >= 11 is 0. The number of nitrogens with one attached hydrogen (secondary N) is 1. The van der Waals surface area contributed by atoms with Gasteiger partial charge < -0.3 is 10.7 Å². The van der Waals surface area contributed by atoms with Crippen LogP contribution in [0.5, 0.6) is 0 Å². The van der Waals surface area contributed by atoms with Crippen LogP contribution in [0.25, 0.3) is 10.9 Å². The Balaban J connectivity index is 2.20. The van der Waals surface area contributed by atoms with Crippen LogP contribution < -0.4 is 5.73 Å². The molecule has 2 heteroatoms. The molecular weight excluding hydrogens is 184 g/mol. The van der Waals surface area contributed by atoms with E-state index in [1.807, 2.05) is 0 Å². The average molecular weight is 200 g/mol.